The molecule has 0 N–H and O–H groups in total. The third kappa shape index (κ3) is 5.49. The second kappa shape index (κ2) is 12.9. The molecule has 55 heavy (non-hydrogen) atoms. The summed E-state index contributed by atoms with van der Waals surface area (Å²) in [7, 11) is 0. The van der Waals surface area contributed by atoms with Crippen molar-refractivity contribution < 1.29 is 0 Å². The van der Waals surface area contributed by atoms with Gasteiger partial charge in [-0.05, 0) is 87.6 Å². The van der Waals surface area contributed by atoms with E-state index in [0.29, 0.717) is 17.5 Å². The van der Waals surface area contributed by atoms with Crippen molar-refractivity contribution in [3.63, 3.8) is 0 Å². The molecule has 0 saturated heterocycles. The van der Waals surface area contributed by atoms with Gasteiger partial charge in [0.15, 0.2) is 17.5 Å². The predicted octanol–water partition coefficient (Wildman–Crippen LogP) is 13.3. The van der Waals surface area contributed by atoms with Crippen LogP contribution in [0.3, 0.4) is 0 Å². The third-order valence-electron chi connectivity index (χ3n) is 11.1. The Balaban J connectivity index is 1.18. The highest BCUT2D eigenvalue weighted by atomic mass is 15.1. The predicted molar refractivity (Wildman–Crippen MR) is 228 cm³/mol. The van der Waals surface area contributed by atoms with Gasteiger partial charge >= 0.3 is 0 Å². The van der Waals surface area contributed by atoms with Gasteiger partial charge in [0.25, 0.3) is 0 Å². The van der Waals surface area contributed by atoms with Crippen LogP contribution in [0.25, 0.3) is 66.8 Å². The molecule has 0 unspecified atom stereocenters. The number of fused-ring (bicyclic) bond motifs is 7. The fourth-order valence-electron chi connectivity index (χ4n) is 8.53. The Bertz CT molecular complexity index is 2820. The van der Waals surface area contributed by atoms with Crippen LogP contribution in [0.1, 0.15) is 30.5 Å². The van der Waals surface area contributed by atoms with Crippen LogP contribution in [0.2, 0.25) is 0 Å². The van der Waals surface area contributed by atoms with Crippen LogP contribution in [-0.2, 0) is 5.41 Å². The first-order valence-corrected chi connectivity index (χ1v) is 18.9. The number of hydrogen-bond donors (Lipinski definition) is 0. The first-order chi connectivity index (χ1) is 26.9. The Kier molecular flexibility index (Phi) is 7.67. The molecule has 0 bridgehead atoms. The van der Waals surface area contributed by atoms with Crippen molar-refractivity contribution >= 4 is 38.6 Å². The smallest absolute Gasteiger partial charge is 0.164 e. The quantitative estimate of drug-likeness (QED) is 0.173. The van der Waals surface area contributed by atoms with E-state index < -0.39 is 0 Å². The van der Waals surface area contributed by atoms with E-state index in [1.54, 1.807) is 0 Å². The van der Waals surface area contributed by atoms with E-state index in [1.165, 1.54) is 49.4 Å². The van der Waals surface area contributed by atoms with Gasteiger partial charge in [-0.1, -0.05) is 153 Å². The zero-order valence-corrected chi connectivity index (χ0v) is 31.0. The summed E-state index contributed by atoms with van der Waals surface area (Å²) < 4.78 is 0. The van der Waals surface area contributed by atoms with Gasteiger partial charge in [0.05, 0.1) is 5.69 Å². The van der Waals surface area contributed by atoms with Crippen LogP contribution in [0, 0.1) is 6.92 Å². The summed E-state index contributed by atoms with van der Waals surface area (Å²) >= 11 is 0. The SMILES string of the molecule is Cc1ccc(N(c2ccc(-c3nc(-c4ccccc4)nc(-c4ccccc4)n3)cc2)c2cc3ccccc3c3c2-c2ccc4ccccc4c2C3(C)C)cc1. The Hall–Kier alpha value is -6.91. The lowest BCUT2D eigenvalue weighted by molar-refractivity contribution is 0.672. The van der Waals surface area contributed by atoms with Crippen molar-refractivity contribution in [2.75, 3.05) is 4.90 Å². The molecule has 9 aromatic rings. The summed E-state index contributed by atoms with van der Waals surface area (Å²) in [6, 6.07) is 62.5. The molecule has 10 rings (SSSR count). The van der Waals surface area contributed by atoms with E-state index in [0.717, 1.165) is 33.8 Å². The first-order valence-electron chi connectivity index (χ1n) is 18.9. The van der Waals surface area contributed by atoms with Crippen LogP contribution >= 0.6 is 0 Å². The summed E-state index contributed by atoms with van der Waals surface area (Å²) in [5, 5.41) is 5.10. The molecular formula is C51H38N4. The average Bonchev–Trinajstić information content (AvgIpc) is 3.49. The molecular weight excluding hydrogens is 669 g/mol. The van der Waals surface area contributed by atoms with Crippen molar-refractivity contribution in [3.8, 4) is 45.3 Å². The summed E-state index contributed by atoms with van der Waals surface area (Å²) in [6.07, 6.45) is 0. The molecule has 0 saturated carbocycles. The second-order valence-corrected chi connectivity index (χ2v) is 15.0. The lowest BCUT2D eigenvalue weighted by Gasteiger charge is -2.30. The molecule has 0 aliphatic heterocycles. The number of anilines is 3. The standard InChI is InChI=1S/C51H38N4/c1-33-22-27-39(28-23-33)55(40-29-24-37(25-30-40)50-53-48(35-15-6-4-7-16-35)52-49(54-50)36-17-8-5-9-18-36)44-32-38-19-11-13-21-42(38)47-45(44)43-31-26-34-14-10-12-20-41(34)46(43)51(47,2)3/h4-32H,1-3H3. The van der Waals surface area contributed by atoms with Crippen LogP contribution in [0.5, 0.6) is 0 Å². The first kappa shape index (κ1) is 32.7. The maximum atomic E-state index is 5.01. The largest absolute Gasteiger partial charge is 0.310 e. The molecule has 1 aliphatic rings. The Morgan fingerprint density at radius 1 is 0.436 bits per heavy atom. The maximum absolute atomic E-state index is 5.01. The van der Waals surface area contributed by atoms with Gasteiger partial charge in [-0.25, -0.2) is 15.0 Å². The van der Waals surface area contributed by atoms with Gasteiger partial charge in [-0.3, -0.25) is 0 Å². The minimum atomic E-state index is -0.227. The second-order valence-electron chi connectivity index (χ2n) is 15.0. The molecule has 0 spiro atoms. The molecule has 1 heterocycles. The summed E-state index contributed by atoms with van der Waals surface area (Å²) in [6.45, 7) is 6.93. The van der Waals surface area contributed by atoms with Crippen molar-refractivity contribution in [1.82, 2.24) is 15.0 Å². The summed E-state index contributed by atoms with van der Waals surface area (Å²) in [4.78, 5) is 17.4. The third-order valence-corrected chi connectivity index (χ3v) is 11.1. The fourth-order valence-corrected chi connectivity index (χ4v) is 8.53. The van der Waals surface area contributed by atoms with Crippen LogP contribution < -0.4 is 4.90 Å². The van der Waals surface area contributed by atoms with Crippen molar-refractivity contribution in [1.29, 1.82) is 0 Å². The fraction of sp³-hybridized carbons (Fsp3) is 0.0784. The molecule has 4 heteroatoms. The topological polar surface area (TPSA) is 41.9 Å². The molecule has 262 valence electrons. The van der Waals surface area contributed by atoms with Crippen LogP contribution in [0.4, 0.5) is 17.1 Å². The summed E-state index contributed by atoms with van der Waals surface area (Å²) in [5.41, 5.74) is 12.5. The Morgan fingerprint density at radius 2 is 0.909 bits per heavy atom. The Morgan fingerprint density at radius 3 is 1.49 bits per heavy atom. The monoisotopic (exact) mass is 706 g/mol. The highest BCUT2D eigenvalue weighted by Gasteiger charge is 2.41. The molecule has 0 atom stereocenters. The van der Waals surface area contributed by atoms with Crippen molar-refractivity contribution in [2.45, 2.75) is 26.2 Å². The van der Waals surface area contributed by atoms with E-state index in [-0.39, 0.29) is 5.41 Å². The van der Waals surface area contributed by atoms with Crippen molar-refractivity contribution in [3.05, 3.63) is 193 Å². The minimum Gasteiger partial charge on any atom is -0.310 e. The van der Waals surface area contributed by atoms with Gasteiger partial charge in [-0.2, -0.15) is 0 Å². The lowest BCUT2D eigenvalue weighted by Crippen LogP contribution is -2.17. The molecule has 0 fully saturated rings. The van der Waals surface area contributed by atoms with E-state index in [9.17, 15) is 0 Å². The zero-order valence-electron chi connectivity index (χ0n) is 31.0. The van der Waals surface area contributed by atoms with E-state index in [2.05, 4.69) is 141 Å². The van der Waals surface area contributed by atoms with Gasteiger partial charge in [0.1, 0.15) is 0 Å². The van der Waals surface area contributed by atoms with Gasteiger partial charge < -0.3 is 4.90 Å². The van der Waals surface area contributed by atoms with E-state index >= 15 is 0 Å². The molecule has 1 aliphatic carbocycles. The van der Waals surface area contributed by atoms with Gasteiger partial charge in [0.2, 0.25) is 0 Å². The van der Waals surface area contributed by atoms with Gasteiger partial charge in [-0.15, -0.1) is 0 Å². The Labute approximate surface area is 321 Å². The molecule has 0 radical (unpaired) electrons. The maximum Gasteiger partial charge on any atom is 0.164 e. The molecule has 4 nitrogen and oxygen atoms in total. The van der Waals surface area contributed by atoms with Crippen LogP contribution in [0.15, 0.2) is 176 Å². The highest BCUT2D eigenvalue weighted by Crippen LogP contribution is 2.58. The summed E-state index contributed by atoms with van der Waals surface area (Å²) in [5.74, 6) is 1.93. The number of hydrogen-bond acceptors (Lipinski definition) is 4. The van der Waals surface area contributed by atoms with E-state index in [4.69, 9.17) is 15.0 Å². The molecule has 1 aromatic heterocycles. The zero-order chi connectivity index (χ0) is 37.1. The number of rotatable bonds is 6. The van der Waals surface area contributed by atoms with Gasteiger partial charge in [0, 0.05) is 39.0 Å². The molecule has 8 aromatic carbocycles. The van der Waals surface area contributed by atoms with Crippen LogP contribution in [-0.4, -0.2) is 15.0 Å². The average molecular weight is 707 g/mol. The minimum absolute atomic E-state index is 0.227. The molecule has 0 amide bonds. The number of aryl methyl sites for hydroxylation is 1. The van der Waals surface area contributed by atoms with E-state index in [1.807, 2.05) is 60.7 Å². The normalized spacial score (nSPS) is 12.8. The highest BCUT2D eigenvalue weighted by molar-refractivity contribution is 6.09. The number of aromatic nitrogens is 3. The number of benzene rings is 8. The van der Waals surface area contributed by atoms with Crippen molar-refractivity contribution in [2.24, 2.45) is 0 Å². The number of nitrogens with zero attached hydrogens (tertiary/aromatic N) is 4. The lowest BCUT2D eigenvalue weighted by atomic mass is 9.78.